The molecule has 0 spiro atoms. The van der Waals surface area contributed by atoms with Crippen molar-refractivity contribution in [1.29, 1.82) is 0 Å². The molecule has 0 saturated heterocycles. The van der Waals surface area contributed by atoms with Crippen molar-refractivity contribution in [3.8, 4) is 0 Å². The molecule has 0 bridgehead atoms. The van der Waals surface area contributed by atoms with Crippen molar-refractivity contribution >= 4 is 0 Å². The van der Waals surface area contributed by atoms with Crippen LogP contribution in [-0.2, 0) is 0 Å². The van der Waals surface area contributed by atoms with Crippen LogP contribution in [0.5, 0.6) is 0 Å². The molecule has 0 amide bonds. The second-order valence-corrected chi connectivity index (χ2v) is 19.8. The first-order valence-corrected chi connectivity index (χ1v) is 29.0. The van der Waals surface area contributed by atoms with E-state index in [0.29, 0.717) is 13.2 Å². The van der Waals surface area contributed by atoms with E-state index >= 15 is 0 Å². The quantitative estimate of drug-likeness (QED) is 0.0599. The molecule has 0 aromatic heterocycles. The predicted molar refractivity (Wildman–Crippen MR) is 275 cm³/mol. The van der Waals surface area contributed by atoms with Gasteiger partial charge >= 0.3 is 0 Å². The zero-order valence-electron chi connectivity index (χ0n) is 42.5. The molecule has 0 radical (unpaired) electrons. The van der Waals surface area contributed by atoms with Crippen LogP contribution in [0.15, 0.2) is 0 Å². The number of aliphatic hydroxyl groups excluding tert-OH is 2. The molecule has 364 valence electrons. The highest BCUT2D eigenvalue weighted by Crippen LogP contribution is 2.18. The molecular formula is C58H120O2. The number of hydrogen-bond donors (Lipinski definition) is 2. The van der Waals surface area contributed by atoms with Gasteiger partial charge in [-0.05, 0) is 12.8 Å². The van der Waals surface area contributed by atoms with E-state index in [2.05, 4.69) is 13.8 Å². The maximum Gasteiger partial charge on any atom is 0.0431 e. The van der Waals surface area contributed by atoms with Gasteiger partial charge in [-0.1, -0.05) is 348 Å². The topological polar surface area (TPSA) is 40.5 Å². The summed E-state index contributed by atoms with van der Waals surface area (Å²) in [6, 6.07) is 0. The van der Waals surface area contributed by atoms with Crippen molar-refractivity contribution in [3.63, 3.8) is 0 Å². The Morgan fingerprint density at radius 1 is 0.133 bits per heavy atom. The lowest BCUT2D eigenvalue weighted by atomic mass is 10.0. The van der Waals surface area contributed by atoms with Crippen LogP contribution < -0.4 is 0 Å². The molecule has 0 rings (SSSR count). The summed E-state index contributed by atoms with van der Waals surface area (Å²) in [6.45, 7) is 5.35. The molecule has 0 aromatic carbocycles. The Kier molecular flexibility index (Phi) is 65.3. The minimum atomic E-state index is 0.374. The molecule has 0 aromatic rings. The number of hydrogen-bond acceptors (Lipinski definition) is 2. The smallest absolute Gasteiger partial charge is 0.0431 e. The standard InChI is InChI=1S/C30H62O.C28H58O/c1-2-3-4-5-6-7-8-9-10-11-12-13-14-15-16-17-18-19-20-21-22-23-24-25-26-27-28-29-30-31;1-2-3-4-5-6-7-8-9-10-11-12-13-14-15-16-17-18-19-20-21-22-23-24-25-26-27-28-29/h31H,2-30H2,1H3;29H,2-28H2,1H3. The highest BCUT2D eigenvalue weighted by atomic mass is 16.3. The largest absolute Gasteiger partial charge is 0.396 e. The molecule has 60 heavy (non-hydrogen) atoms. The first-order valence-electron chi connectivity index (χ1n) is 29.0. The Morgan fingerprint density at radius 3 is 0.300 bits per heavy atom. The monoisotopic (exact) mass is 849 g/mol. The molecule has 0 aliphatic carbocycles. The normalized spacial score (nSPS) is 11.4. The summed E-state index contributed by atoms with van der Waals surface area (Å²) in [6.07, 6.45) is 77.1. The molecule has 2 heteroatoms. The highest BCUT2D eigenvalue weighted by Gasteiger charge is 1.99. The fraction of sp³-hybridized carbons (Fsp3) is 1.00. The van der Waals surface area contributed by atoms with Gasteiger partial charge in [-0.2, -0.15) is 0 Å². The second kappa shape index (κ2) is 63.2. The van der Waals surface area contributed by atoms with Crippen molar-refractivity contribution in [2.45, 2.75) is 361 Å². The Hall–Kier alpha value is -0.0800. The molecule has 0 aliphatic rings. The lowest BCUT2D eigenvalue weighted by Gasteiger charge is -2.04. The average Bonchev–Trinajstić information content (AvgIpc) is 3.26. The van der Waals surface area contributed by atoms with Gasteiger partial charge in [0, 0.05) is 13.2 Å². The Balaban J connectivity index is 0. The average molecular weight is 850 g/mol. The van der Waals surface area contributed by atoms with E-state index in [0.717, 1.165) is 12.8 Å². The molecule has 0 aliphatic heterocycles. The van der Waals surface area contributed by atoms with E-state index in [9.17, 15) is 0 Å². The third kappa shape index (κ3) is 64.5. The SMILES string of the molecule is CCCCCCCCCCCCCCCCCCCCCCCCCCCCCCO.CCCCCCCCCCCCCCCCCCCCCCCCCCCCO. The van der Waals surface area contributed by atoms with Crippen LogP contribution in [0.1, 0.15) is 361 Å². The lowest BCUT2D eigenvalue weighted by molar-refractivity contribution is 0.282. The number of aliphatic hydroxyl groups is 2. The zero-order valence-corrected chi connectivity index (χ0v) is 42.5. The molecular weight excluding hydrogens is 729 g/mol. The third-order valence-corrected chi connectivity index (χ3v) is 13.5. The van der Waals surface area contributed by atoms with Crippen molar-refractivity contribution in [2.75, 3.05) is 13.2 Å². The van der Waals surface area contributed by atoms with Crippen LogP contribution in [0.2, 0.25) is 0 Å². The maximum atomic E-state index is 8.76. The van der Waals surface area contributed by atoms with Gasteiger partial charge in [-0.25, -0.2) is 0 Å². The van der Waals surface area contributed by atoms with Crippen LogP contribution >= 0.6 is 0 Å². The summed E-state index contributed by atoms with van der Waals surface area (Å²) in [5, 5.41) is 17.5. The Labute approximate surface area is 382 Å². The predicted octanol–water partition coefficient (Wildman–Crippen LogP) is 21.1. The van der Waals surface area contributed by atoms with Gasteiger partial charge in [-0.15, -0.1) is 0 Å². The number of rotatable bonds is 54. The summed E-state index contributed by atoms with van der Waals surface area (Å²) < 4.78 is 0. The van der Waals surface area contributed by atoms with E-state index in [4.69, 9.17) is 10.2 Å². The maximum absolute atomic E-state index is 8.76. The van der Waals surface area contributed by atoms with Gasteiger partial charge in [-0.3, -0.25) is 0 Å². The summed E-state index contributed by atoms with van der Waals surface area (Å²) >= 11 is 0. The summed E-state index contributed by atoms with van der Waals surface area (Å²) in [5.74, 6) is 0. The minimum Gasteiger partial charge on any atom is -0.396 e. The van der Waals surface area contributed by atoms with E-state index in [-0.39, 0.29) is 0 Å². The molecule has 2 nitrogen and oxygen atoms in total. The lowest BCUT2D eigenvalue weighted by Crippen LogP contribution is -1.85. The highest BCUT2D eigenvalue weighted by molar-refractivity contribution is 4.54. The van der Waals surface area contributed by atoms with Crippen LogP contribution in [0.4, 0.5) is 0 Å². The summed E-state index contributed by atoms with van der Waals surface area (Å²) in [4.78, 5) is 0. The Morgan fingerprint density at radius 2 is 0.217 bits per heavy atom. The van der Waals surface area contributed by atoms with Crippen LogP contribution in [0, 0.1) is 0 Å². The van der Waals surface area contributed by atoms with Gasteiger partial charge in [0.25, 0.3) is 0 Å². The zero-order chi connectivity index (χ0) is 43.6. The van der Waals surface area contributed by atoms with Gasteiger partial charge < -0.3 is 10.2 Å². The van der Waals surface area contributed by atoms with Crippen LogP contribution in [0.25, 0.3) is 0 Å². The van der Waals surface area contributed by atoms with E-state index < -0.39 is 0 Å². The molecule has 0 atom stereocenters. The summed E-state index contributed by atoms with van der Waals surface area (Å²) in [5.41, 5.74) is 0. The van der Waals surface area contributed by atoms with Crippen molar-refractivity contribution in [1.82, 2.24) is 0 Å². The Bertz CT molecular complexity index is 609. The molecule has 0 fully saturated rings. The molecule has 2 N–H and O–H groups in total. The number of unbranched alkanes of at least 4 members (excludes halogenated alkanes) is 52. The van der Waals surface area contributed by atoms with Gasteiger partial charge in [0.05, 0.1) is 0 Å². The molecule has 0 saturated carbocycles. The van der Waals surface area contributed by atoms with Crippen molar-refractivity contribution < 1.29 is 10.2 Å². The molecule has 0 unspecified atom stereocenters. The van der Waals surface area contributed by atoms with Crippen molar-refractivity contribution in [3.05, 3.63) is 0 Å². The van der Waals surface area contributed by atoms with Gasteiger partial charge in [0.2, 0.25) is 0 Å². The van der Waals surface area contributed by atoms with Gasteiger partial charge in [0.1, 0.15) is 0 Å². The van der Waals surface area contributed by atoms with Crippen LogP contribution in [0.3, 0.4) is 0 Å². The fourth-order valence-electron chi connectivity index (χ4n) is 9.21. The van der Waals surface area contributed by atoms with Crippen LogP contribution in [-0.4, -0.2) is 23.4 Å². The minimum absolute atomic E-state index is 0.374. The molecule has 0 heterocycles. The first-order chi connectivity index (χ1) is 29.8. The fourth-order valence-corrected chi connectivity index (χ4v) is 9.21. The first kappa shape index (κ1) is 62.0. The van der Waals surface area contributed by atoms with Crippen molar-refractivity contribution in [2.24, 2.45) is 0 Å². The second-order valence-electron chi connectivity index (χ2n) is 19.8. The van der Waals surface area contributed by atoms with E-state index in [1.54, 1.807) is 0 Å². The third-order valence-electron chi connectivity index (χ3n) is 13.5. The van der Waals surface area contributed by atoms with E-state index in [1.807, 2.05) is 0 Å². The summed E-state index contributed by atoms with van der Waals surface area (Å²) in [7, 11) is 0. The van der Waals surface area contributed by atoms with Gasteiger partial charge in [0.15, 0.2) is 0 Å². The van der Waals surface area contributed by atoms with E-state index in [1.165, 1.54) is 334 Å².